The van der Waals surface area contributed by atoms with E-state index in [-0.39, 0.29) is 18.3 Å². The minimum absolute atomic E-state index is 0.0207. The normalized spacial score (nSPS) is 12.3. The summed E-state index contributed by atoms with van der Waals surface area (Å²) < 4.78 is 0. The Hall–Kier alpha value is -2.80. The maximum absolute atomic E-state index is 10.6. The van der Waals surface area contributed by atoms with E-state index in [1.165, 1.54) is 12.1 Å². The van der Waals surface area contributed by atoms with Crippen molar-refractivity contribution in [2.45, 2.75) is 13.0 Å². The second kappa shape index (κ2) is 7.28. The van der Waals surface area contributed by atoms with Crippen molar-refractivity contribution < 1.29 is 10.0 Å². The molecule has 0 aliphatic heterocycles. The molecule has 0 saturated carbocycles. The number of aliphatic hydroxyl groups excluding tert-OH is 1. The summed E-state index contributed by atoms with van der Waals surface area (Å²) in [4.78, 5) is 10.1. The molecule has 22 heavy (non-hydrogen) atoms. The lowest BCUT2D eigenvalue weighted by atomic mass is 10.2. The van der Waals surface area contributed by atoms with Crippen molar-refractivity contribution in [3.05, 3.63) is 58.6 Å². The van der Waals surface area contributed by atoms with Crippen LogP contribution in [-0.4, -0.2) is 22.7 Å². The summed E-state index contributed by atoms with van der Waals surface area (Å²) in [6.45, 7) is 1.93. The van der Waals surface area contributed by atoms with Gasteiger partial charge in [0, 0.05) is 23.9 Å². The molecule has 1 atom stereocenters. The Balaban J connectivity index is 2.02. The van der Waals surface area contributed by atoms with Crippen LogP contribution in [0, 0.1) is 10.1 Å². The molecule has 0 spiro atoms. The van der Waals surface area contributed by atoms with E-state index in [4.69, 9.17) is 5.11 Å². The van der Waals surface area contributed by atoms with E-state index in [2.05, 4.69) is 15.5 Å². The molecule has 0 aliphatic rings. The number of hydrogen-bond donors (Lipinski definition) is 2. The lowest BCUT2D eigenvalue weighted by Gasteiger charge is -2.11. The monoisotopic (exact) mass is 300 g/mol. The number of azo groups is 1. The summed E-state index contributed by atoms with van der Waals surface area (Å²) in [5, 5.41) is 30.7. The van der Waals surface area contributed by atoms with Crippen LogP contribution in [0.4, 0.5) is 22.7 Å². The maximum atomic E-state index is 10.6. The van der Waals surface area contributed by atoms with Gasteiger partial charge in [0.1, 0.15) is 0 Å². The molecule has 0 heterocycles. The molecule has 2 rings (SSSR count). The molecule has 0 fully saturated rings. The van der Waals surface area contributed by atoms with Crippen LogP contribution in [-0.2, 0) is 0 Å². The minimum Gasteiger partial charge on any atom is -0.394 e. The molecule has 0 saturated heterocycles. The molecule has 7 nitrogen and oxygen atoms in total. The lowest BCUT2D eigenvalue weighted by molar-refractivity contribution is -0.384. The molecule has 0 aromatic heterocycles. The highest BCUT2D eigenvalue weighted by Gasteiger charge is 2.03. The van der Waals surface area contributed by atoms with E-state index in [9.17, 15) is 10.1 Å². The Morgan fingerprint density at radius 1 is 1.09 bits per heavy atom. The predicted octanol–water partition coefficient (Wildman–Crippen LogP) is 3.80. The lowest BCUT2D eigenvalue weighted by Crippen LogP contribution is -2.18. The summed E-state index contributed by atoms with van der Waals surface area (Å²) in [5.41, 5.74) is 2.12. The van der Waals surface area contributed by atoms with Gasteiger partial charge in [0.05, 0.1) is 22.9 Å². The minimum atomic E-state index is -0.458. The fraction of sp³-hybridized carbons (Fsp3) is 0.200. The van der Waals surface area contributed by atoms with Crippen LogP contribution in [0.3, 0.4) is 0 Å². The van der Waals surface area contributed by atoms with E-state index < -0.39 is 4.92 Å². The van der Waals surface area contributed by atoms with Crippen LogP contribution in [0.25, 0.3) is 0 Å². The number of nitrogens with one attached hydrogen (secondary N) is 1. The van der Waals surface area contributed by atoms with Crippen molar-refractivity contribution in [1.29, 1.82) is 0 Å². The zero-order chi connectivity index (χ0) is 15.9. The Kier molecular flexibility index (Phi) is 5.16. The van der Waals surface area contributed by atoms with Gasteiger partial charge in [-0.15, -0.1) is 0 Å². The van der Waals surface area contributed by atoms with E-state index in [1.807, 2.05) is 19.1 Å². The van der Waals surface area contributed by atoms with E-state index >= 15 is 0 Å². The second-order valence-corrected chi connectivity index (χ2v) is 4.75. The molecular weight excluding hydrogens is 284 g/mol. The first-order valence-corrected chi connectivity index (χ1v) is 6.72. The number of aliphatic hydroxyl groups is 1. The third-order valence-electron chi connectivity index (χ3n) is 2.90. The fourth-order valence-corrected chi connectivity index (χ4v) is 1.71. The number of rotatable bonds is 6. The number of nitrogens with zero attached hydrogens (tertiary/aromatic N) is 3. The van der Waals surface area contributed by atoms with E-state index in [0.717, 1.165) is 5.69 Å². The van der Waals surface area contributed by atoms with E-state index in [1.54, 1.807) is 24.3 Å². The topological polar surface area (TPSA) is 100 Å². The predicted molar refractivity (Wildman–Crippen MR) is 83.9 cm³/mol. The van der Waals surface area contributed by atoms with Gasteiger partial charge in [-0.2, -0.15) is 10.2 Å². The van der Waals surface area contributed by atoms with Gasteiger partial charge in [-0.25, -0.2) is 0 Å². The molecule has 0 radical (unpaired) electrons. The molecule has 2 aromatic rings. The van der Waals surface area contributed by atoms with Gasteiger partial charge in [-0.05, 0) is 43.3 Å². The van der Waals surface area contributed by atoms with Gasteiger partial charge < -0.3 is 10.4 Å². The Labute approximate surface area is 127 Å². The van der Waals surface area contributed by atoms with Crippen molar-refractivity contribution in [3.8, 4) is 0 Å². The van der Waals surface area contributed by atoms with Crippen LogP contribution < -0.4 is 5.32 Å². The molecule has 2 N–H and O–H groups in total. The van der Waals surface area contributed by atoms with Crippen molar-refractivity contribution in [1.82, 2.24) is 0 Å². The van der Waals surface area contributed by atoms with Crippen molar-refractivity contribution >= 4 is 22.7 Å². The molecule has 1 unspecified atom stereocenters. The smallest absolute Gasteiger partial charge is 0.269 e. The SMILES string of the molecule is CC(CO)Nc1ccc(N=Nc2ccc([N+](=O)[O-])cc2)cc1. The zero-order valence-corrected chi connectivity index (χ0v) is 12.0. The molecule has 2 aromatic carbocycles. The van der Waals surface area contributed by atoms with Crippen LogP contribution in [0.5, 0.6) is 0 Å². The molecular formula is C15H16N4O3. The van der Waals surface area contributed by atoms with Crippen LogP contribution in [0.1, 0.15) is 6.92 Å². The van der Waals surface area contributed by atoms with Crippen LogP contribution in [0.15, 0.2) is 58.8 Å². The maximum Gasteiger partial charge on any atom is 0.269 e. The first kappa shape index (κ1) is 15.6. The quantitative estimate of drug-likeness (QED) is 0.481. The summed E-state index contributed by atoms with van der Waals surface area (Å²) in [7, 11) is 0. The molecule has 0 bridgehead atoms. The molecule has 0 amide bonds. The van der Waals surface area contributed by atoms with Crippen molar-refractivity contribution in [3.63, 3.8) is 0 Å². The largest absolute Gasteiger partial charge is 0.394 e. The summed E-state index contributed by atoms with van der Waals surface area (Å²) in [5.74, 6) is 0. The van der Waals surface area contributed by atoms with Gasteiger partial charge >= 0.3 is 0 Å². The third kappa shape index (κ3) is 4.35. The average Bonchev–Trinajstić information content (AvgIpc) is 2.54. The van der Waals surface area contributed by atoms with Crippen molar-refractivity contribution in [2.75, 3.05) is 11.9 Å². The number of anilines is 1. The number of benzene rings is 2. The molecule has 7 heteroatoms. The van der Waals surface area contributed by atoms with Gasteiger partial charge in [-0.3, -0.25) is 10.1 Å². The van der Waals surface area contributed by atoms with Gasteiger partial charge in [-0.1, -0.05) is 0 Å². The third-order valence-corrected chi connectivity index (χ3v) is 2.90. The highest BCUT2D eigenvalue weighted by Crippen LogP contribution is 2.22. The zero-order valence-electron chi connectivity index (χ0n) is 12.0. The summed E-state index contributed by atoms with van der Waals surface area (Å²) in [6, 6.07) is 13.1. The molecule has 114 valence electrons. The average molecular weight is 300 g/mol. The van der Waals surface area contributed by atoms with Crippen LogP contribution >= 0.6 is 0 Å². The van der Waals surface area contributed by atoms with Gasteiger partial charge in [0.15, 0.2) is 0 Å². The van der Waals surface area contributed by atoms with Crippen molar-refractivity contribution in [2.24, 2.45) is 10.2 Å². The highest BCUT2D eigenvalue weighted by atomic mass is 16.6. The number of nitro benzene ring substituents is 1. The van der Waals surface area contributed by atoms with Gasteiger partial charge in [0.2, 0.25) is 0 Å². The van der Waals surface area contributed by atoms with Crippen LogP contribution in [0.2, 0.25) is 0 Å². The van der Waals surface area contributed by atoms with Gasteiger partial charge in [0.25, 0.3) is 5.69 Å². The summed E-state index contributed by atoms with van der Waals surface area (Å²) in [6.07, 6.45) is 0. The first-order chi connectivity index (χ1) is 10.6. The highest BCUT2D eigenvalue weighted by molar-refractivity contribution is 5.51. The number of hydrogen-bond acceptors (Lipinski definition) is 6. The Morgan fingerprint density at radius 3 is 2.05 bits per heavy atom. The second-order valence-electron chi connectivity index (χ2n) is 4.75. The summed E-state index contributed by atoms with van der Waals surface area (Å²) >= 11 is 0. The fourth-order valence-electron chi connectivity index (χ4n) is 1.71. The number of non-ortho nitro benzene ring substituents is 1. The Morgan fingerprint density at radius 2 is 1.59 bits per heavy atom. The number of nitro groups is 1. The standard InChI is InChI=1S/C15H16N4O3/c1-11(10-20)16-12-2-4-13(5-3-12)17-18-14-6-8-15(9-7-14)19(21)22/h2-9,11,16,20H,10H2,1H3. The Bertz CT molecular complexity index is 653. The molecule has 0 aliphatic carbocycles. The first-order valence-electron chi connectivity index (χ1n) is 6.72. The van der Waals surface area contributed by atoms with E-state index in [0.29, 0.717) is 11.4 Å².